The van der Waals surface area contributed by atoms with Gasteiger partial charge in [0.1, 0.15) is 19.0 Å². The van der Waals surface area contributed by atoms with Crippen LogP contribution in [-0.2, 0) is 29.9 Å². The lowest BCUT2D eigenvalue weighted by Crippen LogP contribution is -2.85. The number of alkyl halides is 3. The zero-order valence-corrected chi connectivity index (χ0v) is 23.9. The highest BCUT2D eigenvalue weighted by atomic mass is 31.0. The Bertz CT molecular complexity index is 1470. The summed E-state index contributed by atoms with van der Waals surface area (Å²) in [5.74, 6) is -3.64. The third-order valence-electron chi connectivity index (χ3n) is 7.44. The van der Waals surface area contributed by atoms with Gasteiger partial charge in [0, 0.05) is 18.1 Å². The highest BCUT2D eigenvalue weighted by Gasteiger charge is 2.67. The van der Waals surface area contributed by atoms with Crippen molar-refractivity contribution >= 4 is 44.2 Å². The summed E-state index contributed by atoms with van der Waals surface area (Å²) in [5.41, 5.74) is -7.35. The van der Waals surface area contributed by atoms with Crippen molar-refractivity contribution in [1.82, 2.24) is 14.6 Å². The normalized spacial score (nSPS) is 26.6. The minimum Gasteiger partial charge on any atom is -0.375 e. The summed E-state index contributed by atoms with van der Waals surface area (Å²) in [6, 6.07) is 5.24. The van der Waals surface area contributed by atoms with Gasteiger partial charge < -0.3 is 25.2 Å². The molecule has 0 spiro atoms. The first kappa shape index (κ1) is 31.8. The Kier molecular flexibility index (Phi) is 8.17. The van der Waals surface area contributed by atoms with Crippen molar-refractivity contribution < 1.29 is 38.3 Å². The van der Waals surface area contributed by atoms with Crippen molar-refractivity contribution in [3.63, 3.8) is 0 Å². The molecule has 0 bridgehead atoms. The molecule has 1 aromatic carbocycles. The van der Waals surface area contributed by atoms with E-state index in [1.165, 1.54) is 23.6 Å². The summed E-state index contributed by atoms with van der Waals surface area (Å²) in [7, 11) is 20.4. The Labute approximate surface area is 241 Å². The highest BCUT2D eigenvalue weighted by Crippen LogP contribution is 2.46. The number of aliphatic hydroxyl groups is 4. The maximum absolute atomic E-state index is 13.6. The first-order valence-corrected chi connectivity index (χ1v) is 13.7. The van der Waals surface area contributed by atoms with Crippen LogP contribution < -0.4 is 4.90 Å². The predicted octanol–water partition coefficient (Wildman–Crippen LogP) is 1.35. The van der Waals surface area contributed by atoms with Crippen LogP contribution in [0, 0.1) is 6.92 Å². The molecule has 1 saturated heterocycles. The standard InChI is InChI=1S/C25H29B3F3N4O5P/c1-4-9-21(26)25(38,39)35(23(27,36)24(28,37)40-21)19-11-14(5-2)20-32-17(12-41)18(34(20)33-19)10-15-7-6-8-16(13(15)3)22(29,30)31/h6-8,11,36-39H,4-5,9-10,12,41H2,1-3H3. The van der Waals surface area contributed by atoms with Crippen LogP contribution in [0.2, 0.25) is 0 Å². The average molecular weight is 586 g/mol. The summed E-state index contributed by atoms with van der Waals surface area (Å²) in [4.78, 5) is 5.00. The van der Waals surface area contributed by atoms with Crippen molar-refractivity contribution in [2.24, 2.45) is 0 Å². The molecule has 4 rings (SSSR count). The van der Waals surface area contributed by atoms with Crippen LogP contribution in [0.1, 0.15) is 60.3 Å². The molecule has 1 fully saturated rings. The van der Waals surface area contributed by atoms with Gasteiger partial charge in [-0.2, -0.15) is 13.2 Å². The molecule has 9 nitrogen and oxygen atoms in total. The fraction of sp³-hybridized carbons (Fsp3) is 0.520. The first-order chi connectivity index (χ1) is 18.9. The summed E-state index contributed by atoms with van der Waals surface area (Å²) >= 11 is 0. The van der Waals surface area contributed by atoms with E-state index in [9.17, 15) is 33.6 Å². The molecule has 6 radical (unpaired) electrons. The SMILES string of the molecule is [B]C1(O)OC([B])(CCC)C(O)(O)N(c2cc(CC)c3nc(CP)c(Cc4cccc(C(F)(F)F)c4C)n3n2)C1([B])O. The monoisotopic (exact) mass is 586 g/mol. The van der Waals surface area contributed by atoms with Crippen molar-refractivity contribution in [2.45, 2.75) is 81.5 Å². The highest BCUT2D eigenvalue weighted by molar-refractivity contribution is 7.15. The number of ether oxygens (including phenoxy) is 1. The molecule has 3 aromatic rings. The van der Waals surface area contributed by atoms with Gasteiger partial charge in [-0.05, 0) is 43.0 Å². The van der Waals surface area contributed by atoms with Gasteiger partial charge >= 0.3 is 6.18 Å². The summed E-state index contributed by atoms with van der Waals surface area (Å²) in [6.45, 7) is 4.82. The zero-order valence-electron chi connectivity index (χ0n) is 22.8. The number of aryl methyl sites for hydroxylation is 1. The fourth-order valence-electron chi connectivity index (χ4n) is 5.16. The molecule has 2 aromatic heterocycles. The number of fused-ring (bicyclic) bond motifs is 1. The van der Waals surface area contributed by atoms with Crippen molar-refractivity contribution in [3.8, 4) is 0 Å². The zero-order chi connectivity index (χ0) is 30.8. The van der Waals surface area contributed by atoms with E-state index < -0.39 is 34.5 Å². The summed E-state index contributed by atoms with van der Waals surface area (Å²) < 4.78 is 47.3. The third-order valence-corrected chi connectivity index (χ3v) is 7.83. The summed E-state index contributed by atoms with van der Waals surface area (Å²) in [6.07, 6.45) is -3.90. The van der Waals surface area contributed by atoms with Crippen LogP contribution in [0.15, 0.2) is 24.3 Å². The van der Waals surface area contributed by atoms with Gasteiger partial charge in [0.15, 0.2) is 32.8 Å². The molecule has 3 heterocycles. The van der Waals surface area contributed by atoms with Gasteiger partial charge in [-0.3, -0.25) is 4.90 Å². The lowest BCUT2D eigenvalue weighted by Gasteiger charge is -2.63. The van der Waals surface area contributed by atoms with Crippen LogP contribution in [0.5, 0.6) is 0 Å². The second kappa shape index (κ2) is 10.5. The van der Waals surface area contributed by atoms with Crippen LogP contribution in [0.3, 0.4) is 0 Å². The molecule has 16 heteroatoms. The van der Waals surface area contributed by atoms with Crippen LogP contribution in [-0.4, -0.2) is 81.3 Å². The van der Waals surface area contributed by atoms with E-state index in [-0.39, 0.29) is 30.6 Å². The van der Waals surface area contributed by atoms with Crippen LogP contribution in [0.25, 0.3) is 5.65 Å². The number of anilines is 1. The van der Waals surface area contributed by atoms with Gasteiger partial charge in [0.2, 0.25) is 0 Å². The number of hydrogen-bond acceptors (Lipinski definition) is 8. The van der Waals surface area contributed by atoms with Gasteiger partial charge in [-0.1, -0.05) is 32.4 Å². The molecule has 4 unspecified atom stereocenters. The number of nitrogens with zero attached hydrogens (tertiary/aromatic N) is 4. The van der Waals surface area contributed by atoms with Gasteiger partial charge in [-0.25, -0.2) is 9.50 Å². The maximum atomic E-state index is 13.6. The number of imidazole rings is 1. The molecule has 41 heavy (non-hydrogen) atoms. The molecular weight excluding hydrogens is 557 g/mol. The van der Waals surface area contributed by atoms with Crippen LogP contribution >= 0.6 is 9.24 Å². The number of halogens is 3. The minimum absolute atomic E-state index is 0.0167. The van der Waals surface area contributed by atoms with E-state index in [2.05, 4.69) is 19.3 Å². The van der Waals surface area contributed by atoms with E-state index in [0.717, 1.165) is 6.07 Å². The molecule has 1 aliphatic heterocycles. The lowest BCUT2D eigenvalue weighted by atomic mass is 9.63. The molecule has 4 N–H and O–H groups in total. The Morgan fingerprint density at radius 3 is 2.29 bits per heavy atom. The van der Waals surface area contributed by atoms with E-state index in [1.54, 1.807) is 19.9 Å². The number of rotatable bonds is 7. The molecule has 0 amide bonds. The number of aromatic nitrogens is 3. The van der Waals surface area contributed by atoms with E-state index in [4.69, 9.17) is 28.3 Å². The largest absolute Gasteiger partial charge is 0.416 e. The molecule has 4 atom stereocenters. The minimum atomic E-state index is -4.55. The quantitative estimate of drug-likeness (QED) is 0.186. The Morgan fingerprint density at radius 1 is 1.07 bits per heavy atom. The van der Waals surface area contributed by atoms with Crippen molar-refractivity contribution in [2.75, 3.05) is 4.90 Å². The molecule has 0 aliphatic carbocycles. The number of morpholine rings is 1. The second-order valence-corrected chi connectivity index (χ2v) is 10.6. The van der Waals surface area contributed by atoms with Gasteiger partial charge in [-0.15, -0.1) is 14.3 Å². The lowest BCUT2D eigenvalue weighted by molar-refractivity contribution is -0.377. The Hall–Kier alpha value is -2.15. The second-order valence-electron chi connectivity index (χ2n) is 10.2. The fourth-order valence-corrected chi connectivity index (χ4v) is 5.49. The topological polar surface area (TPSA) is 124 Å². The predicted molar refractivity (Wildman–Crippen MR) is 150 cm³/mol. The first-order valence-electron chi connectivity index (χ1n) is 12.9. The molecule has 0 saturated carbocycles. The number of hydrogen-bond donors (Lipinski definition) is 4. The van der Waals surface area contributed by atoms with Crippen molar-refractivity contribution in [3.05, 3.63) is 57.9 Å². The third kappa shape index (κ3) is 5.08. The molecule has 1 aliphatic rings. The van der Waals surface area contributed by atoms with Crippen LogP contribution in [0.4, 0.5) is 19.0 Å². The summed E-state index contributed by atoms with van der Waals surface area (Å²) in [5, 5.41) is 49.0. The molecule has 214 valence electrons. The maximum Gasteiger partial charge on any atom is 0.416 e. The van der Waals surface area contributed by atoms with Gasteiger partial charge in [0.25, 0.3) is 5.91 Å². The Morgan fingerprint density at radius 2 is 1.73 bits per heavy atom. The number of benzene rings is 1. The van der Waals surface area contributed by atoms with Crippen molar-refractivity contribution in [1.29, 1.82) is 0 Å². The molecular formula is C25H29B3F3N4O5P. The van der Waals surface area contributed by atoms with E-state index in [0.29, 0.717) is 45.6 Å². The van der Waals surface area contributed by atoms with E-state index >= 15 is 0 Å². The van der Waals surface area contributed by atoms with Gasteiger partial charge in [0.05, 0.1) is 17.0 Å². The van der Waals surface area contributed by atoms with E-state index in [1.807, 2.05) is 0 Å². The average Bonchev–Trinajstić information content (AvgIpc) is 3.20. The Balaban J connectivity index is 1.98. The smallest absolute Gasteiger partial charge is 0.375 e.